The topological polar surface area (TPSA) is 116 Å². The number of morpholine rings is 1. The van der Waals surface area contributed by atoms with Gasteiger partial charge >= 0.3 is 5.69 Å². The number of ether oxygens (including phenoxy) is 2. The summed E-state index contributed by atoms with van der Waals surface area (Å²) >= 11 is 0. The van der Waals surface area contributed by atoms with Gasteiger partial charge in [-0.05, 0) is 23.3 Å². The Morgan fingerprint density at radius 2 is 1.62 bits per heavy atom. The largest absolute Gasteiger partial charge is 0.478 e. The number of benzene rings is 3. The lowest BCUT2D eigenvalue weighted by molar-refractivity contribution is -0.386. The summed E-state index contributed by atoms with van der Waals surface area (Å²) in [6.07, 6.45) is 0. The zero-order valence-corrected chi connectivity index (χ0v) is 18.9. The normalized spacial score (nSPS) is 14.5. The third kappa shape index (κ3) is 5.14. The van der Waals surface area contributed by atoms with Crippen molar-refractivity contribution in [1.82, 2.24) is 4.31 Å². The Morgan fingerprint density at radius 1 is 0.971 bits per heavy atom. The molecule has 0 N–H and O–H groups in total. The molecule has 0 saturated carbocycles. The van der Waals surface area contributed by atoms with Crippen molar-refractivity contribution in [3.63, 3.8) is 0 Å². The summed E-state index contributed by atoms with van der Waals surface area (Å²) in [6, 6.07) is 20.1. The summed E-state index contributed by atoms with van der Waals surface area (Å²) < 4.78 is 37.4. The van der Waals surface area contributed by atoms with E-state index < -0.39 is 27.2 Å². The lowest BCUT2D eigenvalue weighted by Gasteiger charge is -2.26. The predicted octanol–water partition coefficient (Wildman–Crippen LogP) is 3.54. The molecular weight excluding hydrogens is 460 g/mol. The molecule has 1 aliphatic rings. The van der Waals surface area contributed by atoms with Crippen LogP contribution in [0.5, 0.6) is 5.75 Å². The molecule has 0 radical (unpaired) electrons. The van der Waals surface area contributed by atoms with E-state index in [1.54, 1.807) is 12.1 Å². The summed E-state index contributed by atoms with van der Waals surface area (Å²) in [5, 5.41) is 11.6. The van der Waals surface area contributed by atoms with Crippen LogP contribution in [0.4, 0.5) is 5.69 Å². The number of rotatable bonds is 8. The van der Waals surface area contributed by atoms with Crippen LogP contribution >= 0.6 is 0 Å². The fraction of sp³-hybridized carbons (Fsp3) is 0.208. The van der Waals surface area contributed by atoms with Crippen molar-refractivity contribution in [3.05, 3.63) is 88.5 Å². The maximum absolute atomic E-state index is 12.8. The van der Waals surface area contributed by atoms with Crippen LogP contribution < -0.4 is 4.74 Å². The van der Waals surface area contributed by atoms with Crippen LogP contribution in [0.15, 0.2) is 77.7 Å². The number of carbonyl (C=O) groups excluding carboxylic acids is 1. The first-order valence-electron chi connectivity index (χ1n) is 10.5. The molecule has 10 heteroatoms. The number of ketones is 1. The average Bonchev–Trinajstić information content (AvgIpc) is 2.88. The Hall–Kier alpha value is -3.60. The second-order valence-corrected chi connectivity index (χ2v) is 9.50. The Labute approximate surface area is 196 Å². The summed E-state index contributed by atoms with van der Waals surface area (Å²) in [5.41, 5.74) is 1.83. The van der Waals surface area contributed by atoms with Crippen molar-refractivity contribution in [2.24, 2.45) is 0 Å². The monoisotopic (exact) mass is 482 g/mol. The fourth-order valence-corrected chi connectivity index (χ4v) is 4.99. The highest BCUT2D eigenvalue weighted by atomic mass is 32.2. The first kappa shape index (κ1) is 23.6. The van der Waals surface area contributed by atoms with E-state index >= 15 is 0 Å². The van der Waals surface area contributed by atoms with Gasteiger partial charge in [-0.1, -0.05) is 54.6 Å². The Bertz CT molecular complexity index is 1290. The fourth-order valence-electron chi connectivity index (χ4n) is 3.56. The van der Waals surface area contributed by atoms with Crippen LogP contribution in [0, 0.1) is 10.1 Å². The van der Waals surface area contributed by atoms with Crippen molar-refractivity contribution >= 4 is 21.5 Å². The average molecular weight is 483 g/mol. The molecule has 4 rings (SSSR count). The maximum atomic E-state index is 12.8. The molecular formula is C24H22N2O7S. The summed E-state index contributed by atoms with van der Waals surface area (Å²) in [5.74, 6) is -0.542. The molecule has 9 nitrogen and oxygen atoms in total. The van der Waals surface area contributed by atoms with Gasteiger partial charge in [-0.15, -0.1) is 0 Å². The third-order valence-corrected chi connectivity index (χ3v) is 7.30. The van der Waals surface area contributed by atoms with Gasteiger partial charge in [0.15, 0.2) is 18.1 Å². The number of nitro benzene ring substituents is 1. The van der Waals surface area contributed by atoms with Gasteiger partial charge in [-0.25, -0.2) is 8.42 Å². The molecule has 3 aromatic rings. The molecule has 0 spiro atoms. The Kier molecular flexibility index (Phi) is 7.01. The number of hydrogen-bond acceptors (Lipinski definition) is 7. The van der Waals surface area contributed by atoms with E-state index in [1.807, 2.05) is 42.5 Å². The molecule has 34 heavy (non-hydrogen) atoms. The summed E-state index contributed by atoms with van der Waals surface area (Å²) in [6.45, 7) is 0.437. The zero-order chi connectivity index (χ0) is 24.1. The molecule has 0 aliphatic carbocycles. The minimum absolute atomic E-state index is 0.173. The van der Waals surface area contributed by atoms with Gasteiger partial charge in [0.05, 0.1) is 23.0 Å². The van der Waals surface area contributed by atoms with E-state index in [-0.39, 0.29) is 42.7 Å². The lowest BCUT2D eigenvalue weighted by Crippen LogP contribution is -2.40. The van der Waals surface area contributed by atoms with Gasteiger partial charge in [-0.3, -0.25) is 14.9 Å². The number of carbonyl (C=O) groups is 1. The van der Waals surface area contributed by atoms with E-state index in [0.717, 1.165) is 17.2 Å². The van der Waals surface area contributed by atoms with Crippen molar-refractivity contribution in [2.75, 3.05) is 32.9 Å². The number of sulfonamides is 1. The Morgan fingerprint density at radius 3 is 2.26 bits per heavy atom. The van der Waals surface area contributed by atoms with E-state index in [1.165, 1.54) is 16.4 Å². The smallest absolute Gasteiger partial charge is 0.312 e. The van der Waals surface area contributed by atoms with Crippen LogP contribution in [0.25, 0.3) is 11.1 Å². The van der Waals surface area contributed by atoms with E-state index in [2.05, 4.69) is 0 Å². The first-order chi connectivity index (χ1) is 16.4. The van der Waals surface area contributed by atoms with E-state index in [0.29, 0.717) is 5.56 Å². The zero-order valence-electron chi connectivity index (χ0n) is 18.1. The SMILES string of the molecule is O=C(COc1ccc(S(=O)(=O)N2CCOCC2)cc1[N+](=O)[O-])c1ccc(-c2ccccc2)cc1. The standard InChI is InChI=1S/C24H22N2O7S/c27-23(20-8-6-19(7-9-20)18-4-2-1-3-5-18)17-33-24-11-10-21(16-22(24)26(28)29)34(30,31)25-12-14-32-15-13-25/h1-11,16H,12-15,17H2. The van der Waals surface area contributed by atoms with Gasteiger partial charge < -0.3 is 9.47 Å². The summed E-state index contributed by atoms with van der Waals surface area (Å²) in [4.78, 5) is 23.2. The van der Waals surface area contributed by atoms with Gasteiger partial charge in [0.2, 0.25) is 10.0 Å². The van der Waals surface area contributed by atoms with Crippen molar-refractivity contribution in [3.8, 4) is 16.9 Å². The first-order valence-corrected chi connectivity index (χ1v) is 12.0. The number of nitro groups is 1. The molecule has 3 aromatic carbocycles. The molecule has 1 heterocycles. The van der Waals surface area contributed by atoms with Crippen molar-refractivity contribution < 1.29 is 27.6 Å². The molecule has 0 amide bonds. The second-order valence-electron chi connectivity index (χ2n) is 7.56. The van der Waals surface area contributed by atoms with Crippen LogP contribution in [0.3, 0.4) is 0 Å². The molecule has 0 atom stereocenters. The molecule has 0 bridgehead atoms. The van der Waals surface area contributed by atoms with Gasteiger partial charge in [0, 0.05) is 24.7 Å². The molecule has 1 aliphatic heterocycles. The highest BCUT2D eigenvalue weighted by Gasteiger charge is 2.29. The quantitative estimate of drug-likeness (QED) is 0.274. The minimum Gasteiger partial charge on any atom is -0.478 e. The second kappa shape index (κ2) is 10.1. The maximum Gasteiger partial charge on any atom is 0.312 e. The van der Waals surface area contributed by atoms with Crippen LogP contribution in [-0.2, 0) is 14.8 Å². The van der Waals surface area contributed by atoms with Gasteiger partial charge in [0.1, 0.15) is 0 Å². The van der Waals surface area contributed by atoms with Crippen molar-refractivity contribution in [2.45, 2.75) is 4.90 Å². The highest BCUT2D eigenvalue weighted by molar-refractivity contribution is 7.89. The van der Waals surface area contributed by atoms with Crippen molar-refractivity contribution in [1.29, 1.82) is 0 Å². The molecule has 176 valence electrons. The lowest BCUT2D eigenvalue weighted by atomic mass is 10.0. The third-order valence-electron chi connectivity index (χ3n) is 5.41. The summed E-state index contributed by atoms with van der Waals surface area (Å²) in [7, 11) is -3.91. The van der Waals surface area contributed by atoms with E-state index in [9.17, 15) is 23.3 Å². The van der Waals surface area contributed by atoms with Crippen LogP contribution in [0.1, 0.15) is 10.4 Å². The predicted molar refractivity (Wildman–Crippen MR) is 124 cm³/mol. The number of Topliss-reactive ketones (excluding diaryl/α,β-unsaturated/α-hetero) is 1. The molecule has 0 aromatic heterocycles. The van der Waals surface area contributed by atoms with Gasteiger partial charge in [-0.2, -0.15) is 4.31 Å². The molecule has 1 fully saturated rings. The van der Waals surface area contributed by atoms with Crippen LogP contribution in [-0.4, -0.2) is 56.3 Å². The number of nitrogens with zero attached hydrogens (tertiary/aromatic N) is 2. The van der Waals surface area contributed by atoms with Gasteiger partial charge in [0.25, 0.3) is 0 Å². The molecule has 0 unspecified atom stereocenters. The van der Waals surface area contributed by atoms with Crippen LogP contribution in [0.2, 0.25) is 0 Å². The Balaban J connectivity index is 1.48. The molecule has 1 saturated heterocycles. The van der Waals surface area contributed by atoms with E-state index in [4.69, 9.17) is 9.47 Å². The number of hydrogen-bond donors (Lipinski definition) is 0. The highest BCUT2D eigenvalue weighted by Crippen LogP contribution is 2.31. The minimum atomic E-state index is -3.91.